The van der Waals surface area contributed by atoms with E-state index in [1.807, 2.05) is 6.92 Å². The second kappa shape index (κ2) is 6.06. The molecule has 1 aromatic carbocycles. The van der Waals surface area contributed by atoms with E-state index in [0.717, 1.165) is 6.42 Å². The molecule has 0 atom stereocenters. The van der Waals surface area contributed by atoms with Crippen molar-refractivity contribution in [2.45, 2.75) is 26.3 Å². The van der Waals surface area contributed by atoms with Crippen LogP contribution in [0, 0.1) is 5.82 Å². The first-order valence-electron chi connectivity index (χ1n) is 5.97. The van der Waals surface area contributed by atoms with Crippen molar-refractivity contribution in [3.05, 3.63) is 46.2 Å². The molecule has 6 heteroatoms. The molecular weight excluding hydrogens is 313 g/mol. The third kappa shape index (κ3) is 3.07. The van der Waals surface area contributed by atoms with E-state index in [4.69, 9.17) is 0 Å². The van der Waals surface area contributed by atoms with Crippen molar-refractivity contribution in [1.29, 1.82) is 0 Å². The minimum atomic E-state index is -0.444. The molecule has 2 rings (SSSR count). The normalized spacial score (nSPS) is 10.7. The molecule has 2 aromatic rings. The lowest BCUT2D eigenvalue weighted by atomic mass is 10.1. The van der Waals surface area contributed by atoms with Crippen LogP contribution in [-0.4, -0.2) is 20.5 Å². The summed E-state index contributed by atoms with van der Waals surface area (Å²) >= 11 is 3.10. The number of carbonyl (C=O) groups excluding carboxylic acids is 1. The molecule has 0 N–H and O–H groups in total. The number of hydrogen-bond acceptors (Lipinski definition) is 3. The molecule has 1 aromatic heterocycles. The van der Waals surface area contributed by atoms with Gasteiger partial charge in [0, 0.05) is 12.1 Å². The summed E-state index contributed by atoms with van der Waals surface area (Å²) in [7, 11) is 0. The number of halogens is 2. The molecule has 0 saturated carbocycles. The Morgan fingerprint density at radius 1 is 1.47 bits per heavy atom. The quantitative estimate of drug-likeness (QED) is 0.794. The van der Waals surface area contributed by atoms with Gasteiger partial charge in [-0.2, -0.15) is 5.10 Å². The topological polar surface area (TPSA) is 47.8 Å². The summed E-state index contributed by atoms with van der Waals surface area (Å²) in [5.41, 5.74) is 0.325. The first kappa shape index (κ1) is 13.9. The molecule has 4 nitrogen and oxygen atoms in total. The Hall–Kier alpha value is -1.56. The molecule has 1 heterocycles. The molecular formula is C13H13BrFN3O. The molecule has 0 unspecified atom stereocenters. The standard InChI is InChI=1S/C13H13BrFN3O/c1-2-6-18-12(16-8-17-18)7-11(19)9-4-3-5-10(15)13(9)14/h3-5,8H,2,6-7H2,1H3. The predicted octanol–water partition coefficient (Wildman–Crippen LogP) is 3.02. The zero-order valence-electron chi connectivity index (χ0n) is 10.4. The number of benzene rings is 1. The van der Waals surface area contributed by atoms with Crippen LogP contribution in [0.1, 0.15) is 29.5 Å². The van der Waals surface area contributed by atoms with Crippen molar-refractivity contribution in [3.8, 4) is 0 Å². The molecule has 0 aliphatic carbocycles. The summed E-state index contributed by atoms with van der Waals surface area (Å²) in [6.07, 6.45) is 2.45. The Kier molecular flexibility index (Phi) is 4.42. The highest BCUT2D eigenvalue weighted by Crippen LogP contribution is 2.21. The predicted molar refractivity (Wildman–Crippen MR) is 72.4 cm³/mol. The van der Waals surface area contributed by atoms with Crippen molar-refractivity contribution in [2.24, 2.45) is 0 Å². The van der Waals surface area contributed by atoms with Crippen LogP contribution in [0.2, 0.25) is 0 Å². The highest BCUT2D eigenvalue weighted by atomic mass is 79.9. The lowest BCUT2D eigenvalue weighted by molar-refractivity contribution is 0.0988. The van der Waals surface area contributed by atoms with Gasteiger partial charge in [-0.25, -0.2) is 14.1 Å². The summed E-state index contributed by atoms with van der Waals surface area (Å²) in [4.78, 5) is 16.2. The van der Waals surface area contributed by atoms with E-state index >= 15 is 0 Å². The molecule has 0 aliphatic rings. The number of Topliss-reactive ketones (excluding diaryl/α,β-unsaturated/α-hetero) is 1. The van der Waals surface area contributed by atoms with Gasteiger partial charge in [-0.15, -0.1) is 0 Å². The van der Waals surface area contributed by atoms with E-state index in [1.54, 1.807) is 10.7 Å². The van der Waals surface area contributed by atoms with Crippen LogP contribution in [0.4, 0.5) is 4.39 Å². The number of nitrogens with zero attached hydrogens (tertiary/aromatic N) is 3. The molecule has 0 amide bonds. The first-order chi connectivity index (χ1) is 9.13. The third-order valence-corrected chi connectivity index (χ3v) is 3.51. The van der Waals surface area contributed by atoms with E-state index in [9.17, 15) is 9.18 Å². The maximum atomic E-state index is 13.4. The Balaban J connectivity index is 2.21. The van der Waals surface area contributed by atoms with Gasteiger partial charge in [-0.3, -0.25) is 4.79 Å². The lowest BCUT2D eigenvalue weighted by Crippen LogP contribution is -2.12. The monoisotopic (exact) mass is 325 g/mol. The zero-order valence-corrected chi connectivity index (χ0v) is 12.0. The fourth-order valence-electron chi connectivity index (χ4n) is 1.78. The molecule has 0 radical (unpaired) electrons. The van der Waals surface area contributed by atoms with Gasteiger partial charge in [0.15, 0.2) is 5.78 Å². The van der Waals surface area contributed by atoms with Crippen molar-refractivity contribution < 1.29 is 9.18 Å². The summed E-state index contributed by atoms with van der Waals surface area (Å²) in [6.45, 7) is 2.74. The third-order valence-electron chi connectivity index (χ3n) is 2.70. The zero-order chi connectivity index (χ0) is 13.8. The molecule has 0 bridgehead atoms. The fraction of sp³-hybridized carbons (Fsp3) is 0.308. The van der Waals surface area contributed by atoms with Gasteiger partial charge in [0.2, 0.25) is 0 Å². The van der Waals surface area contributed by atoms with Crippen molar-refractivity contribution >= 4 is 21.7 Å². The lowest BCUT2D eigenvalue weighted by Gasteiger charge is -2.06. The maximum absolute atomic E-state index is 13.4. The Morgan fingerprint density at radius 2 is 2.26 bits per heavy atom. The number of carbonyl (C=O) groups is 1. The number of aryl methyl sites for hydroxylation is 1. The average molecular weight is 326 g/mol. The summed E-state index contributed by atoms with van der Waals surface area (Å²) in [5.74, 6) is -0.0272. The molecule has 0 saturated heterocycles. The minimum absolute atomic E-state index is 0.113. The summed E-state index contributed by atoms with van der Waals surface area (Å²) in [6, 6.07) is 4.42. The van der Waals surface area contributed by atoms with E-state index in [-0.39, 0.29) is 16.7 Å². The van der Waals surface area contributed by atoms with Gasteiger partial charge in [0.05, 0.1) is 10.9 Å². The summed E-state index contributed by atoms with van der Waals surface area (Å²) in [5, 5.41) is 4.06. The van der Waals surface area contributed by atoms with E-state index in [2.05, 4.69) is 26.0 Å². The molecule has 19 heavy (non-hydrogen) atoms. The Morgan fingerprint density at radius 3 is 3.00 bits per heavy atom. The molecule has 0 fully saturated rings. The van der Waals surface area contributed by atoms with Crippen molar-refractivity contribution in [2.75, 3.05) is 0 Å². The van der Waals surface area contributed by atoms with Crippen molar-refractivity contribution in [1.82, 2.24) is 14.8 Å². The first-order valence-corrected chi connectivity index (χ1v) is 6.76. The van der Waals surface area contributed by atoms with Crippen LogP contribution in [0.5, 0.6) is 0 Å². The van der Waals surface area contributed by atoms with Gasteiger partial charge >= 0.3 is 0 Å². The van der Waals surface area contributed by atoms with Crippen LogP contribution < -0.4 is 0 Å². The fourth-order valence-corrected chi connectivity index (χ4v) is 2.27. The van der Waals surface area contributed by atoms with Crippen LogP contribution in [0.25, 0.3) is 0 Å². The average Bonchev–Trinajstić information content (AvgIpc) is 2.80. The van der Waals surface area contributed by atoms with Crippen LogP contribution in [0.15, 0.2) is 29.0 Å². The number of aromatic nitrogens is 3. The van der Waals surface area contributed by atoms with Gasteiger partial charge < -0.3 is 0 Å². The van der Waals surface area contributed by atoms with Crippen LogP contribution in [0.3, 0.4) is 0 Å². The highest BCUT2D eigenvalue weighted by Gasteiger charge is 2.16. The molecule has 100 valence electrons. The summed E-state index contributed by atoms with van der Waals surface area (Å²) < 4.78 is 15.3. The van der Waals surface area contributed by atoms with Gasteiger partial charge in [0.25, 0.3) is 0 Å². The SMILES string of the molecule is CCCn1ncnc1CC(=O)c1cccc(F)c1Br. The van der Waals surface area contributed by atoms with E-state index in [1.165, 1.54) is 18.5 Å². The second-order valence-corrected chi connectivity index (χ2v) is 4.89. The second-order valence-electron chi connectivity index (χ2n) is 4.10. The highest BCUT2D eigenvalue weighted by molar-refractivity contribution is 9.10. The minimum Gasteiger partial charge on any atom is -0.294 e. The van der Waals surface area contributed by atoms with Crippen LogP contribution in [-0.2, 0) is 13.0 Å². The Bertz CT molecular complexity index is 597. The van der Waals surface area contributed by atoms with Crippen molar-refractivity contribution in [3.63, 3.8) is 0 Å². The number of hydrogen-bond donors (Lipinski definition) is 0. The van der Waals surface area contributed by atoms with Crippen LogP contribution >= 0.6 is 15.9 Å². The maximum Gasteiger partial charge on any atom is 0.171 e. The Labute approximate surface area is 118 Å². The molecule has 0 aliphatic heterocycles. The smallest absolute Gasteiger partial charge is 0.171 e. The number of rotatable bonds is 5. The number of ketones is 1. The van der Waals surface area contributed by atoms with E-state index in [0.29, 0.717) is 17.9 Å². The largest absolute Gasteiger partial charge is 0.294 e. The van der Waals surface area contributed by atoms with Gasteiger partial charge in [-0.1, -0.05) is 19.1 Å². The van der Waals surface area contributed by atoms with Gasteiger partial charge in [-0.05, 0) is 28.4 Å². The van der Waals surface area contributed by atoms with E-state index < -0.39 is 5.82 Å². The van der Waals surface area contributed by atoms with Gasteiger partial charge in [0.1, 0.15) is 18.0 Å². The molecule has 0 spiro atoms.